The third-order valence-corrected chi connectivity index (χ3v) is 3.79. The van der Waals surface area contributed by atoms with Gasteiger partial charge in [-0.15, -0.1) is 0 Å². The lowest BCUT2D eigenvalue weighted by atomic mass is 9.93. The van der Waals surface area contributed by atoms with Crippen LogP contribution in [0.4, 0.5) is 13.2 Å². The lowest BCUT2D eigenvalue weighted by molar-refractivity contribution is 0.495. The van der Waals surface area contributed by atoms with Crippen molar-refractivity contribution in [2.45, 2.75) is 12.3 Å². The Kier molecular flexibility index (Phi) is 4.64. The summed E-state index contributed by atoms with van der Waals surface area (Å²) in [6.07, 6.45) is 0.318. The van der Waals surface area contributed by atoms with E-state index >= 15 is 0 Å². The summed E-state index contributed by atoms with van der Waals surface area (Å²) in [4.78, 5) is 0. The summed E-state index contributed by atoms with van der Waals surface area (Å²) in [6, 6.07) is 10.3. The third kappa shape index (κ3) is 3.38. The maximum atomic E-state index is 13.6. The zero-order chi connectivity index (χ0) is 13.8. The van der Waals surface area contributed by atoms with E-state index in [1.54, 1.807) is 18.2 Å². The van der Waals surface area contributed by atoms with Crippen molar-refractivity contribution in [3.63, 3.8) is 0 Å². The minimum absolute atomic E-state index is 0.105. The molecule has 2 aromatic carbocycles. The summed E-state index contributed by atoms with van der Waals surface area (Å²) in [7, 11) is 0. The quantitative estimate of drug-likeness (QED) is 0.705. The first-order valence-corrected chi connectivity index (χ1v) is 6.98. The second kappa shape index (κ2) is 6.24. The van der Waals surface area contributed by atoms with Gasteiger partial charge in [-0.2, -0.15) is 0 Å². The Morgan fingerprint density at radius 3 is 2.42 bits per heavy atom. The number of halogens is 4. The summed E-state index contributed by atoms with van der Waals surface area (Å²) in [5.41, 5.74) is 1.06. The van der Waals surface area contributed by atoms with Gasteiger partial charge in [-0.05, 0) is 41.7 Å². The largest absolute Gasteiger partial charge is 0.207 e. The van der Waals surface area contributed by atoms with Gasteiger partial charge in [-0.1, -0.05) is 40.2 Å². The molecule has 0 saturated heterocycles. The molecule has 19 heavy (non-hydrogen) atoms. The van der Waals surface area contributed by atoms with Gasteiger partial charge in [0.05, 0.1) is 0 Å². The molecule has 0 aliphatic rings. The van der Waals surface area contributed by atoms with Gasteiger partial charge in [0.15, 0.2) is 11.6 Å². The van der Waals surface area contributed by atoms with Gasteiger partial charge in [0, 0.05) is 5.33 Å². The minimum Gasteiger partial charge on any atom is -0.207 e. The van der Waals surface area contributed by atoms with Crippen LogP contribution in [-0.4, -0.2) is 5.33 Å². The van der Waals surface area contributed by atoms with Crippen LogP contribution in [0.1, 0.15) is 17.0 Å². The van der Waals surface area contributed by atoms with Crippen molar-refractivity contribution in [1.29, 1.82) is 0 Å². The monoisotopic (exact) mass is 328 g/mol. The van der Waals surface area contributed by atoms with Crippen molar-refractivity contribution in [1.82, 2.24) is 0 Å². The lowest BCUT2D eigenvalue weighted by Crippen LogP contribution is -2.07. The maximum absolute atomic E-state index is 13.6. The summed E-state index contributed by atoms with van der Waals surface area (Å²) in [6.45, 7) is 0. The van der Waals surface area contributed by atoms with E-state index in [0.717, 1.165) is 11.6 Å². The van der Waals surface area contributed by atoms with Crippen molar-refractivity contribution >= 4 is 15.9 Å². The third-order valence-electron chi connectivity index (χ3n) is 3.00. The molecule has 0 aliphatic carbocycles. The Hall–Kier alpha value is -1.29. The Bertz CT molecular complexity index is 569. The molecule has 0 saturated carbocycles. The number of benzene rings is 2. The highest BCUT2D eigenvalue weighted by Crippen LogP contribution is 2.25. The topological polar surface area (TPSA) is 0 Å². The highest BCUT2D eigenvalue weighted by Gasteiger charge is 2.16. The van der Waals surface area contributed by atoms with Crippen molar-refractivity contribution < 1.29 is 13.2 Å². The van der Waals surface area contributed by atoms with Gasteiger partial charge in [-0.3, -0.25) is 0 Å². The van der Waals surface area contributed by atoms with E-state index in [-0.39, 0.29) is 11.7 Å². The van der Waals surface area contributed by atoms with E-state index < -0.39 is 11.6 Å². The van der Waals surface area contributed by atoms with Crippen molar-refractivity contribution in [2.24, 2.45) is 0 Å². The number of alkyl halides is 1. The molecule has 0 aliphatic heterocycles. The molecule has 0 radical (unpaired) electrons. The van der Waals surface area contributed by atoms with E-state index in [1.807, 2.05) is 0 Å². The van der Waals surface area contributed by atoms with Crippen LogP contribution in [0, 0.1) is 17.5 Å². The highest BCUT2D eigenvalue weighted by atomic mass is 79.9. The molecule has 0 amide bonds. The molecular weight excluding hydrogens is 317 g/mol. The zero-order valence-corrected chi connectivity index (χ0v) is 11.6. The molecule has 2 aromatic rings. The molecule has 0 nitrogen and oxygen atoms in total. The molecule has 0 aromatic heterocycles. The molecule has 1 unspecified atom stereocenters. The fourth-order valence-electron chi connectivity index (χ4n) is 1.99. The van der Waals surface area contributed by atoms with E-state index in [1.165, 1.54) is 18.2 Å². The summed E-state index contributed by atoms with van der Waals surface area (Å²) in [5.74, 6) is -2.12. The fraction of sp³-hybridized carbons (Fsp3) is 0.200. The smallest absolute Gasteiger partial charge is 0.162 e. The molecule has 0 spiro atoms. The van der Waals surface area contributed by atoms with Gasteiger partial charge in [0.1, 0.15) is 5.82 Å². The summed E-state index contributed by atoms with van der Waals surface area (Å²) in [5, 5.41) is 0.548. The first kappa shape index (κ1) is 14.1. The summed E-state index contributed by atoms with van der Waals surface area (Å²) >= 11 is 3.34. The average molecular weight is 329 g/mol. The van der Waals surface area contributed by atoms with Crippen LogP contribution in [-0.2, 0) is 6.42 Å². The summed E-state index contributed by atoms with van der Waals surface area (Å²) < 4.78 is 40.0. The van der Waals surface area contributed by atoms with Crippen LogP contribution >= 0.6 is 15.9 Å². The second-order valence-corrected chi connectivity index (χ2v) is 4.97. The second-order valence-electron chi connectivity index (χ2n) is 4.32. The van der Waals surface area contributed by atoms with Crippen LogP contribution < -0.4 is 0 Å². The van der Waals surface area contributed by atoms with Crippen molar-refractivity contribution in [3.8, 4) is 0 Å². The molecule has 2 rings (SSSR count). The number of hydrogen-bond acceptors (Lipinski definition) is 0. The molecule has 4 heteroatoms. The molecule has 100 valence electrons. The van der Waals surface area contributed by atoms with Gasteiger partial charge in [-0.25, -0.2) is 13.2 Å². The van der Waals surface area contributed by atoms with Crippen LogP contribution in [0.5, 0.6) is 0 Å². The van der Waals surface area contributed by atoms with Crippen LogP contribution in [0.25, 0.3) is 0 Å². The van der Waals surface area contributed by atoms with Gasteiger partial charge in [0.25, 0.3) is 0 Å². The molecular formula is C15H12BrF3. The molecule has 1 atom stereocenters. The first-order valence-electron chi connectivity index (χ1n) is 5.86. The predicted octanol–water partition coefficient (Wildman–Crippen LogP) is 4.83. The van der Waals surface area contributed by atoms with Crippen LogP contribution in [0.3, 0.4) is 0 Å². The van der Waals surface area contributed by atoms with E-state index in [4.69, 9.17) is 0 Å². The van der Waals surface area contributed by atoms with Crippen LogP contribution in [0.2, 0.25) is 0 Å². The first-order chi connectivity index (χ1) is 9.11. The van der Waals surface area contributed by atoms with Crippen molar-refractivity contribution in [2.75, 3.05) is 5.33 Å². The Morgan fingerprint density at radius 1 is 1.00 bits per heavy atom. The number of rotatable bonds is 4. The predicted molar refractivity (Wildman–Crippen MR) is 73.0 cm³/mol. The number of hydrogen-bond donors (Lipinski definition) is 0. The van der Waals surface area contributed by atoms with Gasteiger partial charge < -0.3 is 0 Å². The zero-order valence-electron chi connectivity index (χ0n) is 10.0. The lowest BCUT2D eigenvalue weighted by Gasteiger charge is -2.15. The molecule has 0 heterocycles. The highest BCUT2D eigenvalue weighted by molar-refractivity contribution is 9.09. The van der Waals surface area contributed by atoms with E-state index in [9.17, 15) is 13.2 Å². The molecule has 0 fully saturated rings. The average Bonchev–Trinajstić information content (AvgIpc) is 2.40. The fourth-order valence-corrected chi connectivity index (χ4v) is 2.60. The van der Waals surface area contributed by atoms with Crippen LogP contribution in [0.15, 0.2) is 42.5 Å². The SMILES string of the molecule is Fc1cccc(C(CBr)Cc2cccc(F)c2F)c1. The standard InChI is InChI=1S/C15H12BrF3/c16-9-12(10-3-1-5-13(17)8-10)7-11-4-2-6-14(18)15(11)19/h1-6,8,12H,7,9H2. The Labute approximate surface area is 118 Å². The van der Waals surface area contributed by atoms with E-state index in [0.29, 0.717) is 17.3 Å². The maximum Gasteiger partial charge on any atom is 0.162 e. The molecule has 0 bridgehead atoms. The normalized spacial score (nSPS) is 12.4. The Morgan fingerprint density at radius 2 is 1.74 bits per heavy atom. The van der Waals surface area contributed by atoms with Gasteiger partial charge >= 0.3 is 0 Å². The van der Waals surface area contributed by atoms with Gasteiger partial charge in [0.2, 0.25) is 0 Å². The minimum atomic E-state index is -0.856. The molecule has 0 N–H and O–H groups in total. The van der Waals surface area contributed by atoms with E-state index in [2.05, 4.69) is 15.9 Å². The van der Waals surface area contributed by atoms with Crippen molar-refractivity contribution in [3.05, 3.63) is 71.0 Å². The Balaban J connectivity index is 2.26.